The summed E-state index contributed by atoms with van der Waals surface area (Å²) in [5.74, 6) is 1.50. The fraction of sp³-hybridized carbons (Fsp3) is 0.375. The van der Waals surface area contributed by atoms with E-state index in [1.54, 1.807) is 0 Å². The molecule has 0 unspecified atom stereocenters. The fourth-order valence-corrected chi connectivity index (χ4v) is 2.06. The van der Waals surface area contributed by atoms with Crippen molar-refractivity contribution in [3.8, 4) is 0 Å². The normalized spacial score (nSPS) is 10.8. The van der Waals surface area contributed by atoms with Crippen LogP contribution in [0, 0.1) is 6.92 Å². The van der Waals surface area contributed by atoms with Crippen LogP contribution in [0.4, 0.5) is 17.5 Å². The maximum absolute atomic E-state index is 5.90. The van der Waals surface area contributed by atoms with Gasteiger partial charge in [0, 0.05) is 42.6 Å². The third kappa shape index (κ3) is 4.86. The number of nitrogens with one attached hydrogen (secondary N) is 1. The van der Waals surface area contributed by atoms with Crippen molar-refractivity contribution < 1.29 is 0 Å². The van der Waals surface area contributed by atoms with Gasteiger partial charge < -0.3 is 15.1 Å². The van der Waals surface area contributed by atoms with Gasteiger partial charge in [-0.25, -0.2) is 4.98 Å². The number of anilines is 3. The van der Waals surface area contributed by atoms with Crippen molar-refractivity contribution in [2.24, 2.45) is 0 Å². The zero-order valence-electron chi connectivity index (χ0n) is 13.5. The molecule has 0 fully saturated rings. The lowest BCUT2D eigenvalue weighted by Crippen LogP contribution is -2.29. The second kappa shape index (κ2) is 7.42. The standard InChI is InChI=1S/C16H22ClN5/c1-12-11-15(22(4)10-9-21(2)3)20-16(18-12)19-14-7-5-13(17)6-8-14/h5-8,11H,9-10H2,1-4H3,(H,18,19,20). The van der Waals surface area contributed by atoms with Gasteiger partial charge in [-0.1, -0.05) is 11.6 Å². The Hall–Kier alpha value is -1.85. The SMILES string of the molecule is Cc1cc(N(C)CCN(C)C)nc(Nc2ccc(Cl)cc2)n1. The van der Waals surface area contributed by atoms with Gasteiger partial charge in [-0.2, -0.15) is 4.98 Å². The van der Waals surface area contributed by atoms with E-state index in [-0.39, 0.29) is 0 Å². The number of aryl methyl sites for hydroxylation is 1. The lowest BCUT2D eigenvalue weighted by molar-refractivity contribution is 0.416. The minimum Gasteiger partial charge on any atom is -0.358 e. The first-order valence-corrected chi connectivity index (χ1v) is 7.56. The topological polar surface area (TPSA) is 44.3 Å². The van der Waals surface area contributed by atoms with Crippen molar-refractivity contribution in [1.29, 1.82) is 0 Å². The third-order valence-electron chi connectivity index (χ3n) is 3.21. The molecule has 1 heterocycles. The molecule has 22 heavy (non-hydrogen) atoms. The van der Waals surface area contributed by atoms with Gasteiger partial charge in [0.25, 0.3) is 0 Å². The molecule has 5 nitrogen and oxygen atoms in total. The summed E-state index contributed by atoms with van der Waals surface area (Å²) in [5, 5.41) is 3.92. The number of hydrogen-bond acceptors (Lipinski definition) is 5. The molecular formula is C16H22ClN5. The van der Waals surface area contributed by atoms with Crippen LogP contribution in [0.25, 0.3) is 0 Å². The maximum atomic E-state index is 5.90. The van der Waals surface area contributed by atoms with Crippen LogP contribution in [0.2, 0.25) is 5.02 Å². The largest absolute Gasteiger partial charge is 0.358 e. The highest BCUT2D eigenvalue weighted by atomic mass is 35.5. The van der Waals surface area contributed by atoms with E-state index in [4.69, 9.17) is 11.6 Å². The second-order valence-corrected chi connectivity index (χ2v) is 5.98. The van der Waals surface area contributed by atoms with Crippen molar-refractivity contribution in [3.63, 3.8) is 0 Å². The van der Waals surface area contributed by atoms with E-state index in [0.717, 1.165) is 30.3 Å². The van der Waals surface area contributed by atoms with Crippen molar-refractivity contribution in [1.82, 2.24) is 14.9 Å². The van der Waals surface area contributed by atoms with E-state index in [1.165, 1.54) is 0 Å². The zero-order chi connectivity index (χ0) is 16.1. The molecule has 0 atom stereocenters. The number of aromatic nitrogens is 2. The number of rotatable bonds is 6. The smallest absolute Gasteiger partial charge is 0.229 e. The third-order valence-corrected chi connectivity index (χ3v) is 3.47. The molecule has 0 spiro atoms. The zero-order valence-corrected chi connectivity index (χ0v) is 14.2. The van der Waals surface area contributed by atoms with Gasteiger partial charge in [0.2, 0.25) is 5.95 Å². The summed E-state index contributed by atoms with van der Waals surface area (Å²) >= 11 is 5.90. The van der Waals surface area contributed by atoms with E-state index >= 15 is 0 Å². The number of halogens is 1. The highest BCUT2D eigenvalue weighted by Crippen LogP contribution is 2.19. The van der Waals surface area contributed by atoms with Crippen molar-refractivity contribution in [2.75, 3.05) is 44.4 Å². The Morgan fingerprint density at radius 1 is 1.05 bits per heavy atom. The molecule has 0 aliphatic rings. The van der Waals surface area contributed by atoms with Crippen LogP contribution in [-0.4, -0.2) is 49.1 Å². The lowest BCUT2D eigenvalue weighted by atomic mass is 10.3. The molecule has 1 aromatic heterocycles. The molecule has 0 saturated carbocycles. The van der Waals surface area contributed by atoms with Gasteiger partial charge >= 0.3 is 0 Å². The molecule has 118 valence electrons. The Morgan fingerprint density at radius 3 is 2.36 bits per heavy atom. The first-order chi connectivity index (χ1) is 10.4. The lowest BCUT2D eigenvalue weighted by Gasteiger charge is -2.21. The average molecular weight is 320 g/mol. The predicted molar refractivity (Wildman–Crippen MR) is 93.3 cm³/mol. The molecule has 0 radical (unpaired) electrons. The molecule has 0 aliphatic heterocycles. The highest BCUT2D eigenvalue weighted by Gasteiger charge is 2.07. The van der Waals surface area contributed by atoms with E-state index in [9.17, 15) is 0 Å². The Kier molecular flexibility index (Phi) is 5.57. The molecule has 2 aromatic rings. The summed E-state index contributed by atoms with van der Waals surface area (Å²) in [6, 6.07) is 9.48. The number of benzene rings is 1. The van der Waals surface area contributed by atoms with Crippen molar-refractivity contribution >= 4 is 29.1 Å². The van der Waals surface area contributed by atoms with E-state index in [0.29, 0.717) is 11.0 Å². The number of likely N-dealkylation sites (N-methyl/N-ethyl adjacent to an activating group) is 2. The molecule has 6 heteroatoms. The Bertz CT molecular complexity index is 612. The van der Waals surface area contributed by atoms with Crippen molar-refractivity contribution in [3.05, 3.63) is 41.0 Å². The summed E-state index contributed by atoms with van der Waals surface area (Å²) < 4.78 is 0. The maximum Gasteiger partial charge on any atom is 0.229 e. The van der Waals surface area contributed by atoms with Crippen LogP contribution in [0.1, 0.15) is 5.69 Å². The van der Waals surface area contributed by atoms with E-state index in [1.807, 2.05) is 44.3 Å². The molecule has 0 amide bonds. The fourth-order valence-electron chi connectivity index (χ4n) is 1.93. The quantitative estimate of drug-likeness (QED) is 0.886. The van der Waals surface area contributed by atoms with Crippen LogP contribution in [0.3, 0.4) is 0 Å². The van der Waals surface area contributed by atoms with Crippen LogP contribution in [0.15, 0.2) is 30.3 Å². The van der Waals surface area contributed by atoms with E-state index in [2.05, 4.69) is 39.2 Å². The summed E-state index contributed by atoms with van der Waals surface area (Å²) in [6.45, 7) is 3.85. The summed E-state index contributed by atoms with van der Waals surface area (Å²) in [4.78, 5) is 13.3. The molecule has 0 bridgehead atoms. The predicted octanol–water partition coefficient (Wildman–Crippen LogP) is 3.18. The highest BCUT2D eigenvalue weighted by molar-refractivity contribution is 6.30. The van der Waals surface area contributed by atoms with Gasteiger partial charge in [0.05, 0.1) is 0 Å². The second-order valence-electron chi connectivity index (χ2n) is 5.55. The Balaban J connectivity index is 2.13. The Labute approximate surface area is 136 Å². The summed E-state index contributed by atoms with van der Waals surface area (Å²) in [5.41, 5.74) is 1.84. The number of nitrogens with zero attached hydrogens (tertiary/aromatic N) is 4. The molecule has 0 aliphatic carbocycles. The van der Waals surface area contributed by atoms with Gasteiger partial charge in [-0.3, -0.25) is 0 Å². The Morgan fingerprint density at radius 2 is 1.73 bits per heavy atom. The molecule has 2 rings (SSSR count). The minimum atomic E-state index is 0.592. The first-order valence-electron chi connectivity index (χ1n) is 7.18. The van der Waals surface area contributed by atoms with Crippen LogP contribution in [0.5, 0.6) is 0 Å². The number of hydrogen-bond donors (Lipinski definition) is 1. The van der Waals surface area contributed by atoms with Gasteiger partial charge in [0.1, 0.15) is 5.82 Å². The van der Waals surface area contributed by atoms with Gasteiger partial charge in [-0.05, 0) is 45.3 Å². The van der Waals surface area contributed by atoms with Gasteiger partial charge in [-0.15, -0.1) is 0 Å². The van der Waals surface area contributed by atoms with Crippen LogP contribution >= 0.6 is 11.6 Å². The first kappa shape index (κ1) is 16.5. The average Bonchev–Trinajstić information content (AvgIpc) is 2.46. The minimum absolute atomic E-state index is 0.592. The monoisotopic (exact) mass is 319 g/mol. The summed E-state index contributed by atoms with van der Waals surface area (Å²) in [6.07, 6.45) is 0. The molecule has 1 N–H and O–H groups in total. The summed E-state index contributed by atoms with van der Waals surface area (Å²) in [7, 11) is 6.16. The van der Waals surface area contributed by atoms with E-state index < -0.39 is 0 Å². The molecular weight excluding hydrogens is 298 g/mol. The van der Waals surface area contributed by atoms with Crippen molar-refractivity contribution in [2.45, 2.75) is 6.92 Å². The van der Waals surface area contributed by atoms with Crippen LogP contribution < -0.4 is 10.2 Å². The van der Waals surface area contributed by atoms with Crippen LogP contribution in [-0.2, 0) is 0 Å². The molecule has 1 aromatic carbocycles. The molecule has 0 saturated heterocycles. The van der Waals surface area contributed by atoms with Gasteiger partial charge in [0.15, 0.2) is 0 Å².